The summed E-state index contributed by atoms with van der Waals surface area (Å²) >= 11 is 2.08. The van der Waals surface area contributed by atoms with Crippen molar-refractivity contribution in [2.45, 2.75) is 38.5 Å². The summed E-state index contributed by atoms with van der Waals surface area (Å²) in [5, 5.41) is 10.0. The van der Waals surface area contributed by atoms with Crippen molar-refractivity contribution in [2.24, 2.45) is 0 Å². The monoisotopic (exact) mass is 477 g/mol. The van der Waals surface area contributed by atoms with Crippen molar-refractivity contribution in [2.75, 3.05) is 25.6 Å². The minimum atomic E-state index is -0.644. The molecule has 0 amide bonds. The van der Waals surface area contributed by atoms with Crippen LogP contribution in [0.5, 0.6) is 0 Å². The van der Waals surface area contributed by atoms with Crippen molar-refractivity contribution < 1.29 is 28.6 Å². The zero-order chi connectivity index (χ0) is 23.8. The second-order valence-electron chi connectivity index (χ2n) is 6.18. The average Bonchev–Trinajstić information content (AvgIpc) is 3.09. The molecule has 2 N–H and O–H groups in total. The van der Waals surface area contributed by atoms with Crippen LogP contribution in [-0.4, -0.2) is 42.7 Å². The molecule has 0 bridgehead atoms. The molecule has 9 nitrogen and oxygen atoms in total. The van der Waals surface area contributed by atoms with E-state index in [0.29, 0.717) is 16.3 Å². The topological polar surface area (TPSA) is 142 Å². The molecule has 0 saturated carbocycles. The molecule has 32 heavy (non-hydrogen) atoms. The van der Waals surface area contributed by atoms with Gasteiger partial charge >= 0.3 is 17.9 Å². The number of rotatable bonds is 9. The third-order valence-electron chi connectivity index (χ3n) is 4.12. The molecule has 0 aliphatic heterocycles. The van der Waals surface area contributed by atoms with E-state index in [1.54, 1.807) is 27.7 Å². The molecule has 0 aliphatic carbocycles. The van der Waals surface area contributed by atoms with Crippen molar-refractivity contribution in [3.8, 4) is 6.07 Å². The number of hydrogen-bond donors (Lipinski definition) is 1. The highest BCUT2D eigenvalue weighted by atomic mass is 32.2. The lowest BCUT2D eigenvalue weighted by atomic mass is 10.1. The fourth-order valence-electron chi connectivity index (χ4n) is 2.74. The molecule has 0 atom stereocenters. The first kappa shape index (κ1) is 25.2. The Kier molecular flexibility index (Phi) is 9.04. The Morgan fingerprint density at radius 2 is 1.69 bits per heavy atom. The molecule has 0 radical (unpaired) electrons. The quantitative estimate of drug-likeness (QED) is 0.322. The van der Waals surface area contributed by atoms with Gasteiger partial charge in [-0.25, -0.2) is 19.4 Å². The molecule has 0 fully saturated rings. The molecule has 0 aromatic carbocycles. The maximum atomic E-state index is 12.5. The van der Waals surface area contributed by atoms with Gasteiger partial charge in [0.15, 0.2) is 0 Å². The molecule has 0 unspecified atom stereocenters. The fraction of sp³-hybridized carbons (Fsp3) is 0.381. The van der Waals surface area contributed by atoms with Gasteiger partial charge in [0.1, 0.15) is 21.0 Å². The Bertz CT molecular complexity index is 1070. The summed E-state index contributed by atoms with van der Waals surface area (Å²) in [6, 6.07) is 3.44. The number of hydrogen-bond acceptors (Lipinski definition) is 11. The second kappa shape index (κ2) is 11.5. The van der Waals surface area contributed by atoms with E-state index in [1.807, 2.05) is 6.07 Å². The lowest BCUT2D eigenvalue weighted by molar-refractivity contribution is 0.0513. The number of thioether (sulfide) groups is 1. The zero-order valence-corrected chi connectivity index (χ0v) is 19.8. The van der Waals surface area contributed by atoms with Gasteiger partial charge in [0, 0.05) is 11.3 Å². The molecule has 2 aromatic rings. The number of carbonyl (C=O) groups excluding carboxylic acids is 3. The van der Waals surface area contributed by atoms with Crippen LogP contribution in [0.25, 0.3) is 0 Å². The van der Waals surface area contributed by atoms with Crippen LogP contribution in [0.3, 0.4) is 0 Å². The van der Waals surface area contributed by atoms with E-state index in [-0.39, 0.29) is 52.1 Å². The highest BCUT2D eigenvalue weighted by Crippen LogP contribution is 2.37. The number of ether oxygens (including phenoxy) is 3. The van der Waals surface area contributed by atoms with E-state index in [4.69, 9.17) is 19.9 Å². The van der Waals surface area contributed by atoms with Crippen LogP contribution in [0.15, 0.2) is 11.1 Å². The molecule has 2 aromatic heterocycles. The van der Waals surface area contributed by atoms with Gasteiger partial charge in [0.05, 0.1) is 42.2 Å². The Hall–Kier alpha value is -3.10. The van der Waals surface area contributed by atoms with Crippen molar-refractivity contribution >= 4 is 46.0 Å². The molecular weight excluding hydrogens is 454 g/mol. The standard InChI is InChI=1S/C21H23N3O6S2/c1-5-28-19(25)13-8-12(9-22)18(24-11(13)4)31-10-14-15(20(26)29-6-2)17(23)32-16(14)21(27)30-7-3/h8H,5-7,10,23H2,1-4H3. The number of nitrogens with zero attached hydrogens (tertiary/aromatic N) is 2. The van der Waals surface area contributed by atoms with Crippen LogP contribution in [-0.2, 0) is 20.0 Å². The summed E-state index contributed by atoms with van der Waals surface area (Å²) in [6.07, 6.45) is 0. The number of nitriles is 1. The summed E-state index contributed by atoms with van der Waals surface area (Å²) in [7, 11) is 0. The predicted octanol–water partition coefficient (Wildman–Crippen LogP) is 3.73. The minimum Gasteiger partial charge on any atom is -0.462 e. The zero-order valence-electron chi connectivity index (χ0n) is 18.1. The maximum absolute atomic E-state index is 12.5. The summed E-state index contributed by atoms with van der Waals surface area (Å²) in [6.45, 7) is 7.16. The van der Waals surface area contributed by atoms with Crippen molar-refractivity contribution in [3.63, 3.8) is 0 Å². The number of aromatic nitrogens is 1. The summed E-state index contributed by atoms with van der Waals surface area (Å²) < 4.78 is 15.2. The predicted molar refractivity (Wildman–Crippen MR) is 120 cm³/mol. The average molecular weight is 478 g/mol. The van der Waals surface area contributed by atoms with Gasteiger partial charge in [-0.2, -0.15) is 5.26 Å². The van der Waals surface area contributed by atoms with Crippen LogP contribution in [0, 0.1) is 18.3 Å². The third kappa shape index (κ3) is 5.57. The van der Waals surface area contributed by atoms with Crippen molar-refractivity contribution in [1.29, 1.82) is 5.26 Å². The lowest BCUT2D eigenvalue weighted by Crippen LogP contribution is -2.11. The highest BCUT2D eigenvalue weighted by molar-refractivity contribution is 7.98. The summed E-state index contributed by atoms with van der Waals surface area (Å²) in [5.41, 5.74) is 7.24. The third-order valence-corrected chi connectivity index (χ3v) is 6.18. The van der Waals surface area contributed by atoms with Crippen LogP contribution in [0.2, 0.25) is 0 Å². The van der Waals surface area contributed by atoms with Crippen molar-refractivity contribution in [3.05, 3.63) is 38.9 Å². The second-order valence-corrected chi connectivity index (χ2v) is 8.20. The van der Waals surface area contributed by atoms with Crippen LogP contribution >= 0.6 is 23.1 Å². The molecule has 0 aliphatic rings. The van der Waals surface area contributed by atoms with E-state index >= 15 is 0 Å². The van der Waals surface area contributed by atoms with Gasteiger partial charge in [-0.05, 0) is 33.8 Å². The molecular formula is C21H23N3O6S2. The number of nitrogen functional groups attached to an aromatic ring is 1. The van der Waals surface area contributed by atoms with Gasteiger partial charge in [-0.3, -0.25) is 0 Å². The molecule has 2 heterocycles. The van der Waals surface area contributed by atoms with Crippen molar-refractivity contribution in [1.82, 2.24) is 4.98 Å². The number of esters is 3. The van der Waals surface area contributed by atoms with Crippen LogP contribution in [0.1, 0.15) is 68.0 Å². The first-order chi connectivity index (χ1) is 15.3. The van der Waals surface area contributed by atoms with E-state index in [1.165, 1.54) is 6.07 Å². The maximum Gasteiger partial charge on any atom is 0.348 e. The minimum absolute atomic E-state index is 0.103. The SMILES string of the molecule is CCOC(=O)c1cc(C#N)c(SCc2c(C(=O)OCC)sc(N)c2C(=O)OCC)nc1C. The molecule has 170 valence electrons. The summed E-state index contributed by atoms with van der Waals surface area (Å²) in [5.74, 6) is -1.70. The first-order valence-corrected chi connectivity index (χ1v) is 11.6. The molecule has 2 rings (SSSR count). The Morgan fingerprint density at radius 3 is 2.28 bits per heavy atom. The number of thiophene rings is 1. The largest absolute Gasteiger partial charge is 0.462 e. The number of carbonyl (C=O) groups is 3. The Labute approximate surface area is 193 Å². The summed E-state index contributed by atoms with van der Waals surface area (Å²) in [4.78, 5) is 41.6. The first-order valence-electron chi connectivity index (χ1n) is 9.75. The van der Waals surface area contributed by atoms with E-state index in [0.717, 1.165) is 23.1 Å². The van der Waals surface area contributed by atoms with E-state index in [2.05, 4.69) is 4.98 Å². The van der Waals surface area contributed by atoms with Gasteiger partial charge in [-0.15, -0.1) is 23.1 Å². The Morgan fingerprint density at radius 1 is 1.09 bits per heavy atom. The number of pyridine rings is 1. The van der Waals surface area contributed by atoms with Crippen LogP contribution < -0.4 is 5.73 Å². The Balaban J connectivity index is 2.46. The lowest BCUT2D eigenvalue weighted by Gasteiger charge is -2.10. The van der Waals surface area contributed by atoms with Gasteiger partial charge in [-0.1, -0.05) is 0 Å². The van der Waals surface area contributed by atoms with E-state index in [9.17, 15) is 19.6 Å². The number of aryl methyl sites for hydroxylation is 1. The highest BCUT2D eigenvalue weighted by Gasteiger charge is 2.28. The van der Waals surface area contributed by atoms with E-state index < -0.39 is 17.9 Å². The molecule has 11 heteroatoms. The smallest absolute Gasteiger partial charge is 0.348 e. The van der Waals surface area contributed by atoms with Gasteiger partial charge in [0.25, 0.3) is 0 Å². The fourth-order valence-corrected chi connectivity index (χ4v) is 4.83. The molecule has 0 spiro atoms. The van der Waals surface area contributed by atoms with Gasteiger partial charge in [0.2, 0.25) is 0 Å². The number of nitrogens with two attached hydrogens (primary N) is 1. The van der Waals surface area contributed by atoms with Gasteiger partial charge < -0.3 is 19.9 Å². The normalized spacial score (nSPS) is 10.3. The van der Waals surface area contributed by atoms with Crippen LogP contribution in [0.4, 0.5) is 5.00 Å². The molecule has 0 saturated heterocycles. The number of anilines is 1.